The lowest BCUT2D eigenvalue weighted by Crippen LogP contribution is -1.94. The van der Waals surface area contributed by atoms with Crippen LogP contribution < -0.4 is 0 Å². The molecule has 0 saturated heterocycles. The average molecular weight is 289 g/mol. The van der Waals surface area contributed by atoms with Gasteiger partial charge in [-0.15, -0.1) is 11.8 Å². The molecule has 0 aliphatic rings. The molecule has 0 unspecified atom stereocenters. The molecule has 0 aliphatic heterocycles. The number of ether oxygens (including phenoxy) is 1. The van der Waals surface area contributed by atoms with Crippen LogP contribution in [0.2, 0.25) is 0 Å². The highest BCUT2D eigenvalue weighted by Gasteiger charge is 2.05. The number of halogens is 1. The maximum atomic E-state index is 11.2. The van der Waals surface area contributed by atoms with Crippen molar-refractivity contribution in [3.05, 3.63) is 28.2 Å². The summed E-state index contributed by atoms with van der Waals surface area (Å²) in [5.41, 5.74) is 0.728. The molecule has 4 heteroatoms. The first-order valence-corrected chi connectivity index (χ1v) is 6.35. The van der Waals surface area contributed by atoms with Gasteiger partial charge < -0.3 is 4.74 Å². The van der Waals surface area contributed by atoms with E-state index in [1.807, 2.05) is 18.2 Å². The lowest BCUT2D eigenvalue weighted by atomic mass is 10.2. The quantitative estimate of drug-likeness (QED) is 0.472. The normalized spacial score (nSPS) is 10.3. The molecule has 0 saturated carbocycles. The van der Waals surface area contributed by atoms with Crippen LogP contribution >= 0.6 is 27.7 Å². The van der Waals surface area contributed by atoms with E-state index in [0.717, 1.165) is 27.3 Å². The van der Waals surface area contributed by atoms with Crippen LogP contribution in [-0.2, 0) is 4.74 Å². The van der Waals surface area contributed by atoms with E-state index in [1.54, 1.807) is 25.8 Å². The Hall–Kier alpha value is -0.320. The second kappa shape index (κ2) is 6.30. The number of methoxy groups -OCH3 is 1. The van der Waals surface area contributed by atoms with Crippen molar-refractivity contribution in [3.63, 3.8) is 0 Å². The van der Waals surface area contributed by atoms with E-state index in [4.69, 9.17) is 4.74 Å². The van der Waals surface area contributed by atoms with Crippen molar-refractivity contribution in [1.82, 2.24) is 0 Å². The summed E-state index contributed by atoms with van der Waals surface area (Å²) in [5, 5.41) is 0. The van der Waals surface area contributed by atoms with Gasteiger partial charge in [-0.2, -0.15) is 0 Å². The van der Waals surface area contributed by atoms with E-state index in [-0.39, 0.29) is 5.78 Å². The van der Waals surface area contributed by atoms with Crippen LogP contribution in [-0.4, -0.2) is 25.3 Å². The Balaban J connectivity index is 2.69. The maximum Gasteiger partial charge on any atom is 0.160 e. The summed E-state index contributed by atoms with van der Waals surface area (Å²) in [5.74, 6) is 0.998. The Morgan fingerprint density at radius 2 is 2.27 bits per heavy atom. The van der Waals surface area contributed by atoms with E-state index in [0.29, 0.717) is 0 Å². The maximum absolute atomic E-state index is 11.2. The smallest absolute Gasteiger partial charge is 0.160 e. The average Bonchev–Trinajstić information content (AvgIpc) is 2.17. The summed E-state index contributed by atoms with van der Waals surface area (Å²) in [4.78, 5) is 12.3. The van der Waals surface area contributed by atoms with Crippen LogP contribution in [0.1, 0.15) is 17.3 Å². The minimum Gasteiger partial charge on any atom is -0.384 e. The van der Waals surface area contributed by atoms with Gasteiger partial charge in [0.15, 0.2) is 5.78 Å². The Kier molecular flexibility index (Phi) is 5.36. The predicted molar refractivity (Wildman–Crippen MR) is 66.7 cm³/mol. The van der Waals surface area contributed by atoms with Gasteiger partial charge in [0.05, 0.1) is 6.61 Å². The molecule has 1 aromatic rings. The monoisotopic (exact) mass is 288 g/mol. The van der Waals surface area contributed by atoms with Gasteiger partial charge >= 0.3 is 0 Å². The summed E-state index contributed by atoms with van der Waals surface area (Å²) >= 11 is 5.10. The molecule has 0 amide bonds. The highest BCUT2D eigenvalue weighted by molar-refractivity contribution is 9.10. The molecule has 15 heavy (non-hydrogen) atoms. The largest absolute Gasteiger partial charge is 0.384 e. The molecule has 0 aliphatic carbocycles. The fourth-order valence-electron chi connectivity index (χ4n) is 1.11. The third kappa shape index (κ3) is 3.97. The first kappa shape index (κ1) is 12.7. The second-order valence-electron chi connectivity index (χ2n) is 3.04. The lowest BCUT2D eigenvalue weighted by Gasteiger charge is -2.04. The minimum absolute atomic E-state index is 0.0790. The van der Waals surface area contributed by atoms with Gasteiger partial charge in [0.1, 0.15) is 0 Å². The molecule has 2 nitrogen and oxygen atoms in total. The van der Waals surface area contributed by atoms with Crippen molar-refractivity contribution in [2.24, 2.45) is 0 Å². The minimum atomic E-state index is 0.0790. The van der Waals surface area contributed by atoms with Crippen LogP contribution in [0.15, 0.2) is 27.6 Å². The van der Waals surface area contributed by atoms with Crippen LogP contribution in [0, 0.1) is 0 Å². The molecular formula is C11H13BrO2S. The standard InChI is InChI=1S/C11H13BrO2S/c1-8(13)10-4-3-9(7-11(10)12)15-6-5-14-2/h3-4,7H,5-6H2,1-2H3. The third-order valence-electron chi connectivity index (χ3n) is 1.88. The molecule has 0 atom stereocenters. The number of hydrogen-bond donors (Lipinski definition) is 0. The van der Waals surface area contributed by atoms with Crippen molar-refractivity contribution in [2.75, 3.05) is 19.5 Å². The van der Waals surface area contributed by atoms with E-state index < -0.39 is 0 Å². The molecule has 0 N–H and O–H groups in total. The summed E-state index contributed by atoms with van der Waals surface area (Å²) in [7, 11) is 1.69. The Morgan fingerprint density at radius 1 is 1.53 bits per heavy atom. The first-order chi connectivity index (χ1) is 7.15. The first-order valence-electron chi connectivity index (χ1n) is 4.57. The Morgan fingerprint density at radius 3 is 2.80 bits per heavy atom. The molecule has 0 fully saturated rings. The van der Waals surface area contributed by atoms with Crippen molar-refractivity contribution < 1.29 is 9.53 Å². The van der Waals surface area contributed by atoms with E-state index in [1.165, 1.54) is 0 Å². The van der Waals surface area contributed by atoms with Gasteiger partial charge in [-0.25, -0.2) is 0 Å². The van der Waals surface area contributed by atoms with Crippen molar-refractivity contribution in [3.8, 4) is 0 Å². The molecule has 0 spiro atoms. The second-order valence-corrected chi connectivity index (χ2v) is 5.06. The van der Waals surface area contributed by atoms with Crippen LogP contribution in [0.3, 0.4) is 0 Å². The summed E-state index contributed by atoms with van der Waals surface area (Å²) in [6.45, 7) is 2.30. The van der Waals surface area contributed by atoms with Gasteiger partial charge in [0, 0.05) is 27.8 Å². The number of rotatable bonds is 5. The number of carbonyl (C=O) groups is 1. The van der Waals surface area contributed by atoms with Gasteiger partial charge in [-0.05, 0) is 25.1 Å². The van der Waals surface area contributed by atoms with Crippen LogP contribution in [0.5, 0.6) is 0 Å². The zero-order chi connectivity index (χ0) is 11.3. The topological polar surface area (TPSA) is 26.3 Å². The molecule has 0 bridgehead atoms. The molecule has 1 rings (SSSR count). The zero-order valence-electron chi connectivity index (χ0n) is 8.75. The molecular weight excluding hydrogens is 276 g/mol. The molecule has 0 radical (unpaired) electrons. The summed E-state index contributed by atoms with van der Waals surface area (Å²) in [6, 6.07) is 5.78. The van der Waals surface area contributed by atoms with Gasteiger partial charge in [0.25, 0.3) is 0 Å². The number of ketones is 1. The third-order valence-corrected chi connectivity index (χ3v) is 3.49. The highest BCUT2D eigenvalue weighted by Crippen LogP contribution is 2.25. The molecule has 0 heterocycles. The molecule has 82 valence electrons. The molecule has 0 aromatic heterocycles. The lowest BCUT2D eigenvalue weighted by molar-refractivity contribution is 0.101. The van der Waals surface area contributed by atoms with Crippen molar-refractivity contribution >= 4 is 33.5 Å². The number of hydrogen-bond acceptors (Lipinski definition) is 3. The van der Waals surface area contributed by atoms with Gasteiger partial charge in [0.2, 0.25) is 0 Å². The fourth-order valence-corrected chi connectivity index (χ4v) is 2.77. The van der Waals surface area contributed by atoms with Gasteiger partial charge in [-0.3, -0.25) is 4.79 Å². The number of carbonyl (C=O) groups excluding carboxylic acids is 1. The van der Waals surface area contributed by atoms with Crippen molar-refractivity contribution in [2.45, 2.75) is 11.8 Å². The SMILES string of the molecule is COCCSc1ccc(C(C)=O)c(Br)c1. The summed E-state index contributed by atoms with van der Waals surface area (Å²) in [6.07, 6.45) is 0. The highest BCUT2D eigenvalue weighted by atomic mass is 79.9. The Labute approximate surface area is 103 Å². The van der Waals surface area contributed by atoms with E-state index in [9.17, 15) is 4.79 Å². The van der Waals surface area contributed by atoms with Crippen LogP contribution in [0.25, 0.3) is 0 Å². The summed E-state index contributed by atoms with van der Waals surface area (Å²) < 4.78 is 5.83. The fraction of sp³-hybridized carbons (Fsp3) is 0.364. The van der Waals surface area contributed by atoms with Crippen molar-refractivity contribution in [1.29, 1.82) is 0 Å². The van der Waals surface area contributed by atoms with E-state index >= 15 is 0 Å². The van der Waals surface area contributed by atoms with Crippen LogP contribution in [0.4, 0.5) is 0 Å². The number of benzene rings is 1. The Bertz CT molecular complexity index is 352. The number of Topliss-reactive ketones (excluding diaryl/α,β-unsaturated/α-hetero) is 1. The number of thioether (sulfide) groups is 1. The zero-order valence-corrected chi connectivity index (χ0v) is 11.2. The van der Waals surface area contributed by atoms with E-state index in [2.05, 4.69) is 15.9 Å². The molecule has 1 aromatic carbocycles. The predicted octanol–water partition coefficient (Wildman–Crippen LogP) is 3.39. The van der Waals surface area contributed by atoms with Gasteiger partial charge in [-0.1, -0.05) is 15.9 Å².